The van der Waals surface area contributed by atoms with Crippen LogP contribution in [-0.2, 0) is 9.53 Å². The van der Waals surface area contributed by atoms with Gasteiger partial charge in [-0.3, -0.25) is 0 Å². The fraction of sp³-hybridized carbons (Fsp3) is 0.500. The smallest absolute Gasteiger partial charge is 0.328 e. The summed E-state index contributed by atoms with van der Waals surface area (Å²) in [7, 11) is 5.45. The first kappa shape index (κ1) is 12.7. The van der Waals surface area contributed by atoms with Crippen LogP contribution in [0.2, 0.25) is 0 Å². The van der Waals surface area contributed by atoms with Crippen molar-refractivity contribution >= 4 is 17.3 Å². The summed E-state index contributed by atoms with van der Waals surface area (Å²) in [4.78, 5) is 13.7. The quantitative estimate of drug-likeness (QED) is 0.810. The van der Waals surface area contributed by atoms with Gasteiger partial charge < -0.3 is 15.0 Å². The molecule has 1 N–H and O–H groups in total. The van der Waals surface area contributed by atoms with Gasteiger partial charge in [0.25, 0.3) is 0 Å². The molecule has 0 spiro atoms. The molecule has 1 atom stereocenters. The van der Waals surface area contributed by atoms with Gasteiger partial charge in [-0.05, 0) is 43.0 Å². The number of carbonyl (C=O) groups excluding carboxylic acids is 1. The number of esters is 1. The summed E-state index contributed by atoms with van der Waals surface area (Å²) in [6, 6.07) is 7.84. The average Bonchev–Trinajstić information content (AvgIpc) is 3.20. The molecule has 98 valence electrons. The Balaban J connectivity index is 2.04. The number of hydrogen-bond donors (Lipinski definition) is 1. The molecule has 1 aromatic rings. The lowest BCUT2D eigenvalue weighted by atomic mass is 10.1. The van der Waals surface area contributed by atoms with Gasteiger partial charge in [-0.25, -0.2) is 4.79 Å². The maximum absolute atomic E-state index is 11.7. The van der Waals surface area contributed by atoms with E-state index in [0.717, 1.165) is 24.2 Å². The second-order valence-corrected chi connectivity index (χ2v) is 4.92. The molecule has 0 heterocycles. The first-order chi connectivity index (χ1) is 8.61. The Morgan fingerprint density at radius 2 is 1.94 bits per heavy atom. The molecule has 1 aliphatic rings. The normalized spacial score (nSPS) is 15.9. The molecule has 0 radical (unpaired) electrons. The lowest BCUT2D eigenvalue weighted by Crippen LogP contribution is -2.32. The highest BCUT2D eigenvalue weighted by Gasteiger charge is 2.36. The van der Waals surface area contributed by atoms with E-state index in [-0.39, 0.29) is 12.0 Å². The summed E-state index contributed by atoms with van der Waals surface area (Å²) in [5.41, 5.74) is 2.10. The molecule has 1 unspecified atom stereocenters. The molecule has 0 aromatic heterocycles. The van der Waals surface area contributed by atoms with E-state index in [0.29, 0.717) is 5.92 Å². The van der Waals surface area contributed by atoms with Gasteiger partial charge in [0.2, 0.25) is 0 Å². The monoisotopic (exact) mass is 248 g/mol. The summed E-state index contributed by atoms with van der Waals surface area (Å²) >= 11 is 0. The second kappa shape index (κ2) is 5.29. The van der Waals surface area contributed by atoms with Crippen molar-refractivity contribution in [3.63, 3.8) is 0 Å². The molecule has 0 amide bonds. The Bertz CT molecular complexity index is 410. The van der Waals surface area contributed by atoms with Crippen LogP contribution in [-0.4, -0.2) is 33.2 Å². The van der Waals surface area contributed by atoms with Gasteiger partial charge in [-0.2, -0.15) is 0 Å². The zero-order chi connectivity index (χ0) is 13.1. The van der Waals surface area contributed by atoms with Gasteiger partial charge in [0, 0.05) is 25.5 Å². The molecule has 1 aromatic carbocycles. The van der Waals surface area contributed by atoms with Crippen molar-refractivity contribution in [3.8, 4) is 0 Å². The number of ether oxygens (including phenoxy) is 1. The topological polar surface area (TPSA) is 41.6 Å². The fourth-order valence-corrected chi connectivity index (χ4v) is 1.96. The SMILES string of the molecule is COC(=O)C(Nc1ccc(N(C)C)cc1)C1CC1. The molecular weight excluding hydrogens is 228 g/mol. The summed E-state index contributed by atoms with van der Waals surface area (Å²) in [6.45, 7) is 0. The van der Waals surface area contributed by atoms with Gasteiger partial charge in [-0.15, -0.1) is 0 Å². The zero-order valence-electron chi connectivity index (χ0n) is 11.1. The number of nitrogens with zero attached hydrogens (tertiary/aromatic N) is 1. The Labute approximate surface area is 108 Å². The second-order valence-electron chi connectivity index (χ2n) is 4.92. The predicted molar refractivity (Wildman–Crippen MR) is 72.9 cm³/mol. The van der Waals surface area contributed by atoms with Crippen molar-refractivity contribution in [2.45, 2.75) is 18.9 Å². The standard InChI is InChI=1S/C14H20N2O2/c1-16(2)12-8-6-11(7-9-12)15-13(10-4-5-10)14(17)18-3/h6-10,13,15H,4-5H2,1-3H3. The van der Waals surface area contributed by atoms with E-state index in [2.05, 4.69) is 5.32 Å². The van der Waals surface area contributed by atoms with Crippen LogP contribution in [0.1, 0.15) is 12.8 Å². The summed E-state index contributed by atoms with van der Waals surface area (Å²) in [5, 5.41) is 3.26. The van der Waals surface area contributed by atoms with E-state index in [4.69, 9.17) is 4.74 Å². The van der Waals surface area contributed by atoms with Crippen LogP contribution in [0.3, 0.4) is 0 Å². The summed E-state index contributed by atoms with van der Waals surface area (Å²) < 4.78 is 4.84. The lowest BCUT2D eigenvalue weighted by Gasteiger charge is -2.18. The minimum Gasteiger partial charge on any atom is -0.467 e. The molecule has 0 saturated heterocycles. The van der Waals surface area contributed by atoms with Gasteiger partial charge in [0.15, 0.2) is 0 Å². The highest BCUT2D eigenvalue weighted by Crippen LogP contribution is 2.35. The highest BCUT2D eigenvalue weighted by molar-refractivity contribution is 5.80. The zero-order valence-corrected chi connectivity index (χ0v) is 11.1. The molecule has 1 saturated carbocycles. The maximum atomic E-state index is 11.7. The van der Waals surface area contributed by atoms with Crippen LogP contribution in [0.15, 0.2) is 24.3 Å². The first-order valence-electron chi connectivity index (χ1n) is 6.23. The molecule has 0 bridgehead atoms. The molecular formula is C14H20N2O2. The Morgan fingerprint density at radius 3 is 2.39 bits per heavy atom. The summed E-state index contributed by atoms with van der Waals surface area (Å²) in [6.07, 6.45) is 2.20. The van der Waals surface area contributed by atoms with E-state index in [1.54, 1.807) is 0 Å². The van der Waals surface area contributed by atoms with E-state index < -0.39 is 0 Å². The van der Waals surface area contributed by atoms with Crippen molar-refractivity contribution in [1.82, 2.24) is 0 Å². The van der Waals surface area contributed by atoms with Crippen LogP contribution >= 0.6 is 0 Å². The third-order valence-electron chi connectivity index (χ3n) is 3.25. The molecule has 18 heavy (non-hydrogen) atoms. The van der Waals surface area contributed by atoms with Crippen molar-refractivity contribution < 1.29 is 9.53 Å². The van der Waals surface area contributed by atoms with Crippen LogP contribution in [0.25, 0.3) is 0 Å². The lowest BCUT2D eigenvalue weighted by molar-refractivity contribution is -0.142. The maximum Gasteiger partial charge on any atom is 0.328 e. The van der Waals surface area contributed by atoms with E-state index in [1.165, 1.54) is 7.11 Å². The van der Waals surface area contributed by atoms with Crippen LogP contribution < -0.4 is 10.2 Å². The molecule has 2 rings (SSSR count). The number of carbonyl (C=O) groups is 1. The van der Waals surface area contributed by atoms with Gasteiger partial charge in [0.1, 0.15) is 6.04 Å². The molecule has 4 nitrogen and oxygen atoms in total. The minimum atomic E-state index is -0.208. The summed E-state index contributed by atoms with van der Waals surface area (Å²) in [5.74, 6) is 0.250. The van der Waals surface area contributed by atoms with Gasteiger partial charge >= 0.3 is 5.97 Å². The number of rotatable bonds is 5. The van der Waals surface area contributed by atoms with E-state index in [9.17, 15) is 4.79 Å². The molecule has 4 heteroatoms. The average molecular weight is 248 g/mol. The molecule has 1 fully saturated rings. The van der Waals surface area contributed by atoms with Gasteiger partial charge in [-0.1, -0.05) is 0 Å². The van der Waals surface area contributed by atoms with Crippen molar-refractivity contribution in [2.75, 3.05) is 31.4 Å². The van der Waals surface area contributed by atoms with Crippen LogP contribution in [0.4, 0.5) is 11.4 Å². The fourth-order valence-electron chi connectivity index (χ4n) is 1.96. The highest BCUT2D eigenvalue weighted by atomic mass is 16.5. The third-order valence-corrected chi connectivity index (χ3v) is 3.25. The van der Waals surface area contributed by atoms with Crippen molar-refractivity contribution in [2.24, 2.45) is 5.92 Å². The Hall–Kier alpha value is -1.71. The number of anilines is 2. The van der Waals surface area contributed by atoms with Crippen molar-refractivity contribution in [1.29, 1.82) is 0 Å². The van der Waals surface area contributed by atoms with E-state index >= 15 is 0 Å². The Kier molecular flexibility index (Phi) is 3.75. The van der Waals surface area contributed by atoms with Crippen LogP contribution in [0.5, 0.6) is 0 Å². The number of nitrogens with one attached hydrogen (secondary N) is 1. The van der Waals surface area contributed by atoms with E-state index in [1.807, 2.05) is 43.3 Å². The number of benzene rings is 1. The first-order valence-corrected chi connectivity index (χ1v) is 6.23. The molecule has 1 aliphatic carbocycles. The Morgan fingerprint density at radius 1 is 1.33 bits per heavy atom. The minimum absolute atomic E-state index is 0.172. The third kappa shape index (κ3) is 2.94. The molecule has 0 aliphatic heterocycles. The number of methoxy groups -OCH3 is 1. The number of hydrogen-bond acceptors (Lipinski definition) is 4. The predicted octanol–water partition coefficient (Wildman–Crippen LogP) is 2.12. The van der Waals surface area contributed by atoms with Gasteiger partial charge in [0.05, 0.1) is 7.11 Å². The van der Waals surface area contributed by atoms with Crippen LogP contribution in [0, 0.1) is 5.92 Å². The largest absolute Gasteiger partial charge is 0.467 e. The van der Waals surface area contributed by atoms with Crippen molar-refractivity contribution in [3.05, 3.63) is 24.3 Å².